The zero-order valence-corrected chi connectivity index (χ0v) is 19.4. The number of methoxy groups -OCH3 is 1. The van der Waals surface area contributed by atoms with Crippen LogP contribution in [0.4, 0.5) is 0 Å². The van der Waals surface area contributed by atoms with Gasteiger partial charge in [0.15, 0.2) is 0 Å². The number of rotatable bonds is 4. The lowest BCUT2D eigenvalue weighted by Crippen LogP contribution is -2.41. The Bertz CT molecular complexity index is 920. The SMILES string of the molecule is [B]C([B])(c1ccnc(-c2cccc(B3OC(C)(C)C(C)(C)O3)c2OC)c1)C(C)(C)C. The average molecular weight is 401 g/mol. The van der Waals surface area contributed by atoms with Crippen molar-refractivity contribution in [2.24, 2.45) is 5.41 Å². The number of pyridine rings is 1. The van der Waals surface area contributed by atoms with Gasteiger partial charge in [0.1, 0.15) is 5.75 Å². The number of aromatic nitrogens is 1. The Morgan fingerprint density at radius 2 is 1.60 bits per heavy atom. The topological polar surface area (TPSA) is 40.6 Å². The molecule has 0 aliphatic carbocycles. The fourth-order valence-electron chi connectivity index (χ4n) is 3.41. The molecule has 30 heavy (non-hydrogen) atoms. The van der Waals surface area contributed by atoms with Crippen molar-refractivity contribution >= 4 is 28.3 Å². The van der Waals surface area contributed by atoms with Crippen molar-refractivity contribution in [1.29, 1.82) is 0 Å². The summed E-state index contributed by atoms with van der Waals surface area (Å²) in [5, 5.41) is -1.01. The lowest BCUT2D eigenvalue weighted by Gasteiger charge is -2.40. The molecule has 4 nitrogen and oxygen atoms in total. The van der Waals surface area contributed by atoms with E-state index in [1.165, 1.54) is 0 Å². The van der Waals surface area contributed by atoms with Crippen LogP contribution in [0.3, 0.4) is 0 Å². The van der Waals surface area contributed by atoms with Gasteiger partial charge in [-0.25, -0.2) is 0 Å². The van der Waals surface area contributed by atoms with Gasteiger partial charge in [0.2, 0.25) is 0 Å². The van der Waals surface area contributed by atoms with Crippen molar-refractivity contribution in [2.75, 3.05) is 7.11 Å². The van der Waals surface area contributed by atoms with Gasteiger partial charge in [-0.2, -0.15) is 0 Å². The molecule has 1 saturated heterocycles. The second-order valence-corrected chi connectivity index (χ2v) is 10.1. The van der Waals surface area contributed by atoms with Crippen LogP contribution in [0.25, 0.3) is 11.3 Å². The standard InChI is InChI=1S/C23H30B3NO3/c1-20(2,3)23(24,25)15-12-13-27-18(14-15)16-10-9-11-17(19(16)28-8)26-29-21(4,5)22(6,7)30-26/h9-14H,1-8H3. The average Bonchev–Trinajstić information content (AvgIpc) is 2.87. The Hall–Kier alpha value is -1.72. The summed E-state index contributed by atoms with van der Waals surface area (Å²) in [5.74, 6) is 0.663. The highest BCUT2D eigenvalue weighted by Gasteiger charge is 2.52. The summed E-state index contributed by atoms with van der Waals surface area (Å²) < 4.78 is 18.3. The monoisotopic (exact) mass is 401 g/mol. The van der Waals surface area contributed by atoms with Crippen molar-refractivity contribution in [3.05, 3.63) is 42.1 Å². The molecule has 1 aromatic carbocycles. The summed E-state index contributed by atoms with van der Waals surface area (Å²) in [6.45, 7) is 14.2. The molecule has 4 radical (unpaired) electrons. The number of hydrogen-bond donors (Lipinski definition) is 0. The third-order valence-electron chi connectivity index (χ3n) is 6.51. The van der Waals surface area contributed by atoms with Gasteiger partial charge in [0.25, 0.3) is 0 Å². The van der Waals surface area contributed by atoms with E-state index in [1.807, 2.05) is 78.8 Å². The fourth-order valence-corrected chi connectivity index (χ4v) is 3.41. The zero-order chi connectivity index (χ0) is 22.5. The normalized spacial score (nSPS) is 18.5. The molecule has 0 spiro atoms. The highest BCUT2D eigenvalue weighted by atomic mass is 16.7. The Morgan fingerprint density at radius 3 is 2.13 bits per heavy atom. The first-order chi connectivity index (χ1) is 13.7. The molecule has 0 atom stereocenters. The first-order valence-electron chi connectivity index (χ1n) is 10.3. The molecule has 1 fully saturated rings. The molecule has 2 heterocycles. The molecule has 154 valence electrons. The Labute approximate surface area is 184 Å². The number of para-hydroxylation sites is 1. The van der Waals surface area contributed by atoms with Crippen molar-refractivity contribution in [1.82, 2.24) is 4.98 Å². The van der Waals surface area contributed by atoms with Crippen molar-refractivity contribution < 1.29 is 14.0 Å². The third kappa shape index (κ3) is 3.82. The molecular formula is C23H30B3NO3. The van der Waals surface area contributed by atoms with Crippen LogP contribution in [-0.2, 0) is 14.5 Å². The Balaban J connectivity index is 2.08. The van der Waals surface area contributed by atoms with Crippen LogP contribution in [0.15, 0.2) is 36.5 Å². The van der Waals surface area contributed by atoms with Crippen LogP contribution in [0, 0.1) is 5.41 Å². The molecular weight excluding hydrogens is 371 g/mol. The molecule has 0 amide bonds. The van der Waals surface area contributed by atoms with Gasteiger partial charge in [0.05, 0.1) is 39.7 Å². The lowest BCUT2D eigenvalue weighted by atomic mass is 9.41. The summed E-state index contributed by atoms with van der Waals surface area (Å²) in [6, 6.07) is 9.66. The van der Waals surface area contributed by atoms with E-state index in [0.29, 0.717) is 5.75 Å². The first-order valence-corrected chi connectivity index (χ1v) is 10.3. The van der Waals surface area contributed by atoms with Gasteiger partial charge < -0.3 is 14.0 Å². The van der Waals surface area contributed by atoms with Crippen LogP contribution in [0.2, 0.25) is 0 Å². The van der Waals surface area contributed by atoms with E-state index in [9.17, 15) is 0 Å². The highest BCUT2D eigenvalue weighted by molar-refractivity contribution is 6.63. The molecule has 0 N–H and O–H groups in total. The summed E-state index contributed by atoms with van der Waals surface area (Å²) in [4.78, 5) is 4.57. The van der Waals surface area contributed by atoms with E-state index in [2.05, 4.69) is 4.98 Å². The zero-order valence-electron chi connectivity index (χ0n) is 19.4. The second-order valence-electron chi connectivity index (χ2n) is 10.1. The lowest BCUT2D eigenvalue weighted by molar-refractivity contribution is 0.00578. The molecule has 7 heteroatoms. The van der Waals surface area contributed by atoms with Gasteiger partial charge in [-0.05, 0) is 51.3 Å². The number of ether oxygens (including phenoxy) is 1. The predicted molar refractivity (Wildman–Crippen MR) is 125 cm³/mol. The quantitative estimate of drug-likeness (QED) is 0.735. The molecule has 0 bridgehead atoms. The molecule has 3 rings (SSSR count). The number of nitrogens with zero attached hydrogens (tertiary/aromatic N) is 1. The van der Waals surface area contributed by atoms with E-state index in [-0.39, 0.29) is 5.41 Å². The number of benzene rings is 1. The van der Waals surface area contributed by atoms with Gasteiger partial charge in [-0.15, -0.1) is 0 Å². The summed E-state index contributed by atoms with van der Waals surface area (Å²) in [5.41, 5.74) is 1.97. The maximum atomic E-state index is 6.50. The van der Waals surface area contributed by atoms with E-state index >= 15 is 0 Å². The van der Waals surface area contributed by atoms with Crippen molar-refractivity contribution in [2.45, 2.75) is 64.9 Å². The predicted octanol–water partition coefficient (Wildman–Crippen LogP) is 3.59. The maximum Gasteiger partial charge on any atom is 0.498 e. The molecule has 0 saturated carbocycles. The second kappa shape index (κ2) is 7.46. The first kappa shape index (κ1) is 23.0. The van der Waals surface area contributed by atoms with E-state index < -0.39 is 23.5 Å². The molecule has 1 aliphatic rings. The largest absolute Gasteiger partial charge is 0.498 e. The molecule has 2 aromatic rings. The van der Waals surface area contributed by atoms with Crippen LogP contribution in [0.1, 0.15) is 54.0 Å². The minimum Gasteiger partial charge on any atom is -0.496 e. The minimum atomic E-state index is -1.01. The van der Waals surface area contributed by atoms with E-state index in [4.69, 9.17) is 29.7 Å². The van der Waals surface area contributed by atoms with Gasteiger partial charge >= 0.3 is 7.12 Å². The minimum absolute atomic E-state index is 0.333. The molecule has 0 unspecified atom stereocenters. The van der Waals surface area contributed by atoms with Crippen LogP contribution in [0.5, 0.6) is 5.75 Å². The maximum absolute atomic E-state index is 6.50. The Kier molecular flexibility index (Phi) is 5.71. The summed E-state index contributed by atoms with van der Waals surface area (Å²) in [7, 11) is 14.1. The summed E-state index contributed by atoms with van der Waals surface area (Å²) in [6.07, 6.45) is 1.73. The Morgan fingerprint density at radius 1 is 1.00 bits per heavy atom. The third-order valence-corrected chi connectivity index (χ3v) is 6.51. The van der Waals surface area contributed by atoms with E-state index in [0.717, 1.165) is 22.3 Å². The fraction of sp³-hybridized carbons (Fsp3) is 0.522. The van der Waals surface area contributed by atoms with Crippen LogP contribution < -0.4 is 10.2 Å². The van der Waals surface area contributed by atoms with Gasteiger partial charge in [-0.1, -0.05) is 43.7 Å². The molecule has 1 aromatic heterocycles. The van der Waals surface area contributed by atoms with Gasteiger partial charge in [0, 0.05) is 17.2 Å². The van der Waals surface area contributed by atoms with E-state index in [1.54, 1.807) is 13.3 Å². The van der Waals surface area contributed by atoms with Crippen LogP contribution >= 0.6 is 0 Å². The van der Waals surface area contributed by atoms with Crippen molar-refractivity contribution in [3.8, 4) is 17.0 Å². The highest BCUT2D eigenvalue weighted by Crippen LogP contribution is 2.40. The van der Waals surface area contributed by atoms with Crippen molar-refractivity contribution in [3.63, 3.8) is 0 Å². The van der Waals surface area contributed by atoms with Crippen LogP contribution in [-0.4, -0.2) is 46.1 Å². The summed E-state index contributed by atoms with van der Waals surface area (Å²) >= 11 is 0. The number of hydrogen-bond acceptors (Lipinski definition) is 4. The smallest absolute Gasteiger partial charge is 0.496 e. The molecule has 1 aliphatic heterocycles. The van der Waals surface area contributed by atoms with Gasteiger partial charge in [-0.3, -0.25) is 4.98 Å².